The van der Waals surface area contributed by atoms with Gasteiger partial charge in [0.1, 0.15) is 0 Å². The number of hydrogen-bond donors (Lipinski definition) is 2. The second-order valence-electron chi connectivity index (χ2n) is 13.5. The SMILES string of the molecule is C[C@H](CC1CCCCC1)C(=O)N1CC[C@@](O)(Cn2cc(C(=O)N3CCNCC3)c(C3CC3)cc2=O)C(C)(C)C1. The largest absolute Gasteiger partial charge is 0.387 e. The van der Waals surface area contributed by atoms with Gasteiger partial charge in [-0.05, 0) is 43.1 Å². The predicted octanol–water partition coefficient (Wildman–Crippen LogP) is 3.37. The number of amides is 2. The lowest BCUT2D eigenvalue weighted by molar-refractivity contribution is -0.157. The van der Waals surface area contributed by atoms with Crippen LogP contribution in [-0.2, 0) is 11.3 Å². The van der Waals surface area contributed by atoms with E-state index in [4.69, 9.17) is 0 Å². The van der Waals surface area contributed by atoms with E-state index in [1.54, 1.807) is 16.8 Å². The summed E-state index contributed by atoms with van der Waals surface area (Å²) in [5, 5.41) is 15.2. The van der Waals surface area contributed by atoms with Crippen molar-refractivity contribution in [3.63, 3.8) is 0 Å². The van der Waals surface area contributed by atoms with Crippen molar-refractivity contribution in [3.05, 3.63) is 33.7 Å². The second kappa shape index (κ2) is 11.4. The van der Waals surface area contributed by atoms with Crippen molar-refractivity contribution >= 4 is 11.8 Å². The van der Waals surface area contributed by atoms with Crippen molar-refractivity contribution in [2.45, 2.75) is 96.6 Å². The van der Waals surface area contributed by atoms with Crippen LogP contribution in [0.4, 0.5) is 0 Å². The van der Waals surface area contributed by atoms with Crippen LogP contribution in [0.2, 0.25) is 0 Å². The fourth-order valence-electron chi connectivity index (χ4n) is 7.12. The topological polar surface area (TPSA) is 94.9 Å². The molecule has 2 saturated heterocycles. The lowest BCUT2D eigenvalue weighted by Gasteiger charge is -2.51. The molecule has 216 valence electrons. The molecule has 2 atom stereocenters. The van der Waals surface area contributed by atoms with Gasteiger partial charge in [0, 0.05) is 62.9 Å². The minimum absolute atomic E-state index is 0.00811. The Morgan fingerprint density at radius 2 is 1.74 bits per heavy atom. The highest BCUT2D eigenvalue weighted by Crippen LogP contribution is 2.43. The first kappa shape index (κ1) is 28.3. The van der Waals surface area contributed by atoms with Crippen molar-refractivity contribution in [1.29, 1.82) is 0 Å². The van der Waals surface area contributed by atoms with E-state index in [0.29, 0.717) is 44.1 Å². The number of rotatable bonds is 7. The first-order valence-corrected chi connectivity index (χ1v) is 15.3. The van der Waals surface area contributed by atoms with Crippen molar-refractivity contribution in [3.8, 4) is 0 Å². The summed E-state index contributed by atoms with van der Waals surface area (Å²) in [5.74, 6) is 1.08. The third-order valence-corrected chi connectivity index (χ3v) is 10.0. The Morgan fingerprint density at radius 3 is 2.38 bits per heavy atom. The summed E-state index contributed by atoms with van der Waals surface area (Å²) in [6, 6.07) is 1.63. The molecule has 5 rings (SSSR count). The Balaban J connectivity index is 1.31. The highest BCUT2D eigenvalue weighted by atomic mass is 16.3. The summed E-state index contributed by atoms with van der Waals surface area (Å²) < 4.78 is 1.55. The minimum atomic E-state index is -1.17. The van der Waals surface area contributed by atoms with E-state index in [1.807, 2.05) is 23.6 Å². The highest BCUT2D eigenvalue weighted by molar-refractivity contribution is 5.95. The Labute approximate surface area is 233 Å². The first-order chi connectivity index (χ1) is 18.6. The number of likely N-dealkylation sites (tertiary alicyclic amines) is 1. The van der Waals surface area contributed by atoms with Gasteiger partial charge in [-0.25, -0.2) is 0 Å². The molecule has 0 bridgehead atoms. The highest BCUT2D eigenvalue weighted by Gasteiger charge is 2.49. The second-order valence-corrected chi connectivity index (χ2v) is 13.5. The maximum atomic E-state index is 13.5. The van der Waals surface area contributed by atoms with Crippen LogP contribution in [0.15, 0.2) is 17.1 Å². The van der Waals surface area contributed by atoms with Crippen molar-refractivity contribution in [2.75, 3.05) is 39.3 Å². The molecule has 2 amide bonds. The van der Waals surface area contributed by atoms with E-state index >= 15 is 0 Å². The van der Waals surface area contributed by atoms with Gasteiger partial charge in [-0.2, -0.15) is 0 Å². The molecule has 39 heavy (non-hydrogen) atoms. The average molecular weight is 541 g/mol. The van der Waals surface area contributed by atoms with Gasteiger partial charge >= 0.3 is 0 Å². The van der Waals surface area contributed by atoms with Crippen molar-refractivity contribution in [1.82, 2.24) is 19.7 Å². The number of piperidine rings is 1. The smallest absolute Gasteiger partial charge is 0.255 e. The molecule has 0 aromatic carbocycles. The van der Waals surface area contributed by atoms with Gasteiger partial charge in [0.2, 0.25) is 5.91 Å². The molecule has 0 spiro atoms. The summed E-state index contributed by atoms with van der Waals surface area (Å²) in [7, 11) is 0. The number of nitrogens with one attached hydrogen (secondary N) is 1. The van der Waals surface area contributed by atoms with Crippen molar-refractivity contribution in [2.24, 2.45) is 17.3 Å². The summed E-state index contributed by atoms with van der Waals surface area (Å²) in [4.78, 5) is 44.0. The van der Waals surface area contributed by atoms with Crippen LogP contribution >= 0.6 is 0 Å². The zero-order chi connectivity index (χ0) is 27.8. The third kappa shape index (κ3) is 6.12. The van der Waals surface area contributed by atoms with Gasteiger partial charge in [-0.1, -0.05) is 52.9 Å². The summed E-state index contributed by atoms with van der Waals surface area (Å²) in [5.41, 5.74) is -0.486. The van der Waals surface area contributed by atoms with E-state index in [1.165, 1.54) is 32.1 Å². The maximum Gasteiger partial charge on any atom is 0.255 e. The lowest BCUT2D eigenvalue weighted by atomic mass is 9.69. The molecule has 1 aromatic rings. The zero-order valence-corrected chi connectivity index (χ0v) is 24.2. The monoisotopic (exact) mass is 540 g/mol. The average Bonchev–Trinajstić information content (AvgIpc) is 3.77. The maximum absolute atomic E-state index is 13.5. The standard InChI is InChI=1S/C31H48N4O4/c1-22(17-23-7-5-4-6-8-23)28(37)34-14-11-31(39,30(2,3)20-34)21-35-19-26(25(18-27(35)36)24-9-10-24)29(38)33-15-12-32-13-16-33/h18-19,22-24,32,39H,4-17,20-21H2,1-3H3/t22-,31-/m1/s1. The van der Waals surface area contributed by atoms with Crippen LogP contribution in [0.5, 0.6) is 0 Å². The Morgan fingerprint density at radius 1 is 1.05 bits per heavy atom. The van der Waals surface area contributed by atoms with Gasteiger partial charge in [0.05, 0.1) is 17.7 Å². The van der Waals surface area contributed by atoms with Crippen LogP contribution in [0.3, 0.4) is 0 Å². The molecule has 3 heterocycles. The molecule has 2 saturated carbocycles. The van der Waals surface area contributed by atoms with Crippen LogP contribution < -0.4 is 10.9 Å². The van der Waals surface area contributed by atoms with E-state index in [-0.39, 0.29) is 35.8 Å². The van der Waals surface area contributed by atoms with Crippen molar-refractivity contribution < 1.29 is 14.7 Å². The molecule has 0 radical (unpaired) electrons. The molecular formula is C31H48N4O4. The third-order valence-electron chi connectivity index (χ3n) is 10.0. The van der Waals surface area contributed by atoms with Crippen LogP contribution in [-0.4, -0.2) is 76.2 Å². The van der Waals surface area contributed by atoms with E-state index < -0.39 is 11.0 Å². The molecule has 8 heteroatoms. The number of pyridine rings is 1. The molecule has 4 aliphatic rings. The molecular weight excluding hydrogens is 492 g/mol. The predicted molar refractivity (Wildman–Crippen MR) is 152 cm³/mol. The molecule has 1 aromatic heterocycles. The molecule has 8 nitrogen and oxygen atoms in total. The summed E-state index contributed by atoms with van der Waals surface area (Å²) in [6.07, 6.45) is 11.4. The molecule has 2 aliphatic heterocycles. The van der Waals surface area contributed by atoms with Gasteiger partial charge in [0.15, 0.2) is 0 Å². The quantitative estimate of drug-likeness (QED) is 0.553. The summed E-state index contributed by atoms with van der Waals surface area (Å²) >= 11 is 0. The number of piperazine rings is 1. The van der Waals surface area contributed by atoms with Gasteiger partial charge < -0.3 is 24.8 Å². The van der Waals surface area contributed by atoms with E-state index in [0.717, 1.165) is 37.9 Å². The molecule has 2 N–H and O–H groups in total. The Bertz CT molecular complexity index is 1110. The minimum Gasteiger partial charge on any atom is -0.387 e. The van der Waals surface area contributed by atoms with Crippen LogP contribution in [0.25, 0.3) is 0 Å². The van der Waals surface area contributed by atoms with E-state index in [2.05, 4.69) is 12.2 Å². The molecule has 4 fully saturated rings. The Hall–Kier alpha value is -2.19. The van der Waals surface area contributed by atoms with Gasteiger partial charge in [-0.15, -0.1) is 0 Å². The number of nitrogens with zero attached hydrogens (tertiary/aromatic N) is 3. The van der Waals surface area contributed by atoms with E-state index in [9.17, 15) is 19.5 Å². The lowest BCUT2D eigenvalue weighted by Crippen LogP contribution is -2.61. The number of carbonyl (C=O) groups is 2. The van der Waals surface area contributed by atoms with Gasteiger partial charge in [-0.3, -0.25) is 14.4 Å². The molecule has 2 aliphatic carbocycles. The summed E-state index contributed by atoms with van der Waals surface area (Å²) in [6.45, 7) is 9.95. The fourth-order valence-corrected chi connectivity index (χ4v) is 7.12. The number of hydrogen-bond acceptors (Lipinski definition) is 5. The number of aromatic nitrogens is 1. The normalized spacial score (nSPS) is 26.9. The zero-order valence-electron chi connectivity index (χ0n) is 24.2. The fraction of sp³-hybridized carbons (Fsp3) is 0.774. The number of aliphatic hydroxyl groups is 1. The van der Waals surface area contributed by atoms with Crippen LogP contribution in [0, 0.1) is 17.3 Å². The molecule has 0 unspecified atom stereocenters. The van der Waals surface area contributed by atoms with Gasteiger partial charge in [0.25, 0.3) is 11.5 Å². The first-order valence-electron chi connectivity index (χ1n) is 15.3. The van der Waals surface area contributed by atoms with Crippen LogP contribution in [0.1, 0.15) is 100 Å². The Kier molecular flexibility index (Phi) is 8.25. The number of carbonyl (C=O) groups excluding carboxylic acids is 2.